The van der Waals surface area contributed by atoms with E-state index in [4.69, 9.17) is 11.6 Å². The summed E-state index contributed by atoms with van der Waals surface area (Å²) in [4.78, 5) is 12.6. The highest BCUT2D eigenvalue weighted by atomic mass is 35.5. The number of piperidine rings is 1. The van der Waals surface area contributed by atoms with Gasteiger partial charge in [0.05, 0.1) is 0 Å². The van der Waals surface area contributed by atoms with E-state index in [1.165, 1.54) is 6.07 Å². The van der Waals surface area contributed by atoms with E-state index in [9.17, 15) is 9.18 Å². The molecule has 1 unspecified atom stereocenters. The molecule has 1 heterocycles. The number of carbonyl (C=O) groups excluding carboxylic acids is 1. The molecule has 0 saturated carbocycles. The van der Waals surface area contributed by atoms with Crippen molar-refractivity contribution in [1.82, 2.24) is 5.32 Å². The van der Waals surface area contributed by atoms with Gasteiger partial charge in [0.25, 0.3) is 0 Å². The number of Topliss-reactive ketones (excluding diaryl/α,β-unsaturated/α-hetero) is 1. The van der Waals surface area contributed by atoms with Crippen molar-refractivity contribution >= 4 is 17.4 Å². The van der Waals surface area contributed by atoms with Crippen LogP contribution in [0.5, 0.6) is 0 Å². The standard InChI is InChI=1S/C15H19ClFNO/c1-2-15(7-4-8-18-10-15)14(19)9-11-12(16)5-3-6-13(11)17/h3,5-6,18H,2,4,7-10H2,1H3. The van der Waals surface area contributed by atoms with Gasteiger partial charge in [-0.05, 0) is 37.9 Å². The van der Waals surface area contributed by atoms with Crippen LogP contribution in [-0.4, -0.2) is 18.9 Å². The highest BCUT2D eigenvalue weighted by Gasteiger charge is 2.37. The van der Waals surface area contributed by atoms with Crippen LogP contribution >= 0.6 is 11.6 Å². The third kappa shape index (κ3) is 2.98. The van der Waals surface area contributed by atoms with Crippen molar-refractivity contribution < 1.29 is 9.18 Å². The van der Waals surface area contributed by atoms with Crippen molar-refractivity contribution in [2.24, 2.45) is 5.41 Å². The average molecular weight is 284 g/mol. The smallest absolute Gasteiger partial charge is 0.144 e. The Morgan fingerprint density at radius 1 is 1.53 bits per heavy atom. The number of benzene rings is 1. The zero-order valence-corrected chi connectivity index (χ0v) is 11.9. The summed E-state index contributed by atoms with van der Waals surface area (Å²) >= 11 is 5.99. The maximum atomic E-state index is 13.8. The van der Waals surface area contributed by atoms with Crippen molar-refractivity contribution in [2.45, 2.75) is 32.6 Å². The molecular formula is C15H19ClFNO. The second-order valence-corrected chi connectivity index (χ2v) is 5.62. The van der Waals surface area contributed by atoms with Crippen LogP contribution in [0.1, 0.15) is 31.7 Å². The molecule has 2 rings (SSSR count). The van der Waals surface area contributed by atoms with Gasteiger partial charge in [-0.1, -0.05) is 24.6 Å². The van der Waals surface area contributed by atoms with Crippen molar-refractivity contribution in [3.63, 3.8) is 0 Å². The number of rotatable bonds is 4. The second-order valence-electron chi connectivity index (χ2n) is 5.21. The van der Waals surface area contributed by atoms with Gasteiger partial charge in [-0.15, -0.1) is 0 Å². The van der Waals surface area contributed by atoms with E-state index >= 15 is 0 Å². The molecule has 0 bridgehead atoms. The average Bonchev–Trinajstić information content (AvgIpc) is 2.43. The molecule has 0 spiro atoms. The minimum atomic E-state index is -0.393. The lowest BCUT2D eigenvalue weighted by Gasteiger charge is -2.35. The molecular weight excluding hydrogens is 265 g/mol. The Balaban J connectivity index is 2.20. The Bertz CT molecular complexity index is 449. The van der Waals surface area contributed by atoms with Gasteiger partial charge in [-0.25, -0.2) is 4.39 Å². The molecule has 1 N–H and O–H groups in total. The van der Waals surface area contributed by atoms with Crippen molar-refractivity contribution in [3.05, 3.63) is 34.6 Å². The number of halogens is 2. The summed E-state index contributed by atoms with van der Waals surface area (Å²) in [7, 11) is 0. The Morgan fingerprint density at radius 2 is 2.32 bits per heavy atom. The molecule has 1 aromatic carbocycles. The maximum absolute atomic E-state index is 13.8. The Hall–Kier alpha value is -0.930. The monoisotopic (exact) mass is 283 g/mol. The van der Waals surface area contributed by atoms with Crippen LogP contribution in [0.25, 0.3) is 0 Å². The van der Waals surface area contributed by atoms with Crippen LogP contribution < -0.4 is 5.32 Å². The van der Waals surface area contributed by atoms with Crippen LogP contribution in [0.2, 0.25) is 5.02 Å². The van der Waals surface area contributed by atoms with E-state index < -0.39 is 5.82 Å². The fraction of sp³-hybridized carbons (Fsp3) is 0.533. The third-order valence-corrected chi connectivity index (χ3v) is 4.49. The van der Waals surface area contributed by atoms with Gasteiger partial charge < -0.3 is 5.32 Å². The number of carbonyl (C=O) groups is 1. The SMILES string of the molecule is CCC1(C(=O)Cc2c(F)cccc2Cl)CCCNC1. The summed E-state index contributed by atoms with van der Waals surface area (Å²) in [5.41, 5.74) is -0.0308. The number of hydrogen-bond acceptors (Lipinski definition) is 2. The minimum Gasteiger partial charge on any atom is -0.316 e. The lowest BCUT2D eigenvalue weighted by atomic mass is 9.73. The summed E-state index contributed by atoms with van der Waals surface area (Å²) in [5.74, 6) is -0.301. The molecule has 0 aliphatic carbocycles. The fourth-order valence-corrected chi connectivity index (χ4v) is 2.98. The van der Waals surface area contributed by atoms with E-state index in [-0.39, 0.29) is 17.6 Å². The van der Waals surface area contributed by atoms with Crippen LogP contribution in [-0.2, 0) is 11.2 Å². The topological polar surface area (TPSA) is 29.1 Å². The first kappa shape index (κ1) is 14.5. The van der Waals surface area contributed by atoms with Crippen molar-refractivity contribution in [1.29, 1.82) is 0 Å². The lowest BCUT2D eigenvalue weighted by molar-refractivity contribution is -0.129. The molecule has 0 amide bonds. The van der Waals surface area contributed by atoms with E-state index in [1.54, 1.807) is 12.1 Å². The summed E-state index contributed by atoms with van der Waals surface area (Å²) < 4.78 is 13.8. The Labute approximate surface area is 118 Å². The largest absolute Gasteiger partial charge is 0.316 e. The molecule has 1 saturated heterocycles. The second kappa shape index (κ2) is 6.02. The number of ketones is 1. The highest BCUT2D eigenvalue weighted by molar-refractivity contribution is 6.31. The van der Waals surface area contributed by atoms with Gasteiger partial charge in [0.2, 0.25) is 0 Å². The number of hydrogen-bond donors (Lipinski definition) is 1. The van der Waals surface area contributed by atoms with E-state index in [0.717, 1.165) is 25.8 Å². The van der Waals surface area contributed by atoms with Crippen LogP contribution in [0.15, 0.2) is 18.2 Å². The van der Waals surface area contributed by atoms with Gasteiger partial charge in [-0.2, -0.15) is 0 Å². The first-order valence-electron chi connectivity index (χ1n) is 6.76. The van der Waals surface area contributed by atoms with Gasteiger partial charge in [0, 0.05) is 29.0 Å². The summed E-state index contributed by atoms with van der Waals surface area (Å²) in [6.07, 6.45) is 2.73. The first-order valence-corrected chi connectivity index (χ1v) is 7.14. The summed E-state index contributed by atoms with van der Waals surface area (Å²) in [6.45, 7) is 3.66. The van der Waals surface area contributed by atoms with Crippen LogP contribution in [0, 0.1) is 11.2 Å². The van der Waals surface area contributed by atoms with E-state index in [2.05, 4.69) is 5.32 Å². The molecule has 19 heavy (non-hydrogen) atoms. The van der Waals surface area contributed by atoms with Crippen LogP contribution in [0.3, 0.4) is 0 Å². The minimum absolute atomic E-state index is 0.0844. The summed E-state index contributed by atoms with van der Waals surface area (Å²) in [6, 6.07) is 4.54. The van der Waals surface area contributed by atoms with E-state index in [1.807, 2.05) is 6.92 Å². The van der Waals surface area contributed by atoms with Crippen LogP contribution in [0.4, 0.5) is 4.39 Å². The molecule has 1 aliphatic heterocycles. The number of nitrogens with one attached hydrogen (secondary N) is 1. The molecule has 104 valence electrons. The van der Waals surface area contributed by atoms with Gasteiger partial charge in [0.15, 0.2) is 0 Å². The predicted octanol–water partition coefficient (Wildman–Crippen LogP) is 3.37. The molecule has 1 aromatic rings. The zero-order valence-electron chi connectivity index (χ0n) is 11.1. The lowest BCUT2D eigenvalue weighted by Crippen LogP contribution is -2.45. The fourth-order valence-electron chi connectivity index (χ4n) is 2.75. The molecule has 0 aromatic heterocycles. The van der Waals surface area contributed by atoms with Gasteiger partial charge in [0.1, 0.15) is 11.6 Å². The molecule has 4 heteroatoms. The third-order valence-electron chi connectivity index (χ3n) is 4.14. The van der Waals surface area contributed by atoms with E-state index in [0.29, 0.717) is 17.1 Å². The first-order chi connectivity index (χ1) is 9.09. The molecule has 1 aliphatic rings. The van der Waals surface area contributed by atoms with Gasteiger partial charge >= 0.3 is 0 Å². The molecule has 1 fully saturated rings. The quantitative estimate of drug-likeness (QED) is 0.918. The zero-order chi connectivity index (χ0) is 13.9. The predicted molar refractivity (Wildman–Crippen MR) is 74.9 cm³/mol. The summed E-state index contributed by atoms with van der Waals surface area (Å²) in [5, 5.41) is 3.61. The Morgan fingerprint density at radius 3 is 2.89 bits per heavy atom. The highest BCUT2D eigenvalue weighted by Crippen LogP contribution is 2.33. The van der Waals surface area contributed by atoms with Crippen molar-refractivity contribution in [3.8, 4) is 0 Å². The molecule has 1 atom stereocenters. The van der Waals surface area contributed by atoms with Gasteiger partial charge in [-0.3, -0.25) is 4.79 Å². The van der Waals surface area contributed by atoms with Crippen molar-refractivity contribution in [2.75, 3.05) is 13.1 Å². The normalized spacial score (nSPS) is 23.3. The molecule has 2 nitrogen and oxygen atoms in total. The Kier molecular flexibility index (Phi) is 4.58. The maximum Gasteiger partial charge on any atom is 0.144 e. The molecule has 0 radical (unpaired) electrons.